The Morgan fingerprint density at radius 2 is 2.26 bits per heavy atom. The number of aliphatic hydroxyl groups excluding tert-OH is 1. The minimum Gasteiger partial charge on any atom is -0.396 e. The number of ether oxygens (including phenoxy) is 1. The summed E-state index contributed by atoms with van der Waals surface area (Å²) in [5, 5.41) is 13.1. The third kappa shape index (κ3) is 3.99. The van der Waals surface area contributed by atoms with Gasteiger partial charge in [-0.05, 0) is 31.9 Å². The molecule has 0 spiro atoms. The molecule has 2 N–H and O–H groups in total. The van der Waals surface area contributed by atoms with E-state index in [1.54, 1.807) is 6.20 Å². The number of halogens is 1. The van der Waals surface area contributed by atoms with Crippen LogP contribution in [0.4, 0.5) is 0 Å². The fourth-order valence-electron chi connectivity index (χ4n) is 2.33. The summed E-state index contributed by atoms with van der Waals surface area (Å²) >= 11 is 3.46. The lowest BCUT2D eigenvalue weighted by Crippen LogP contribution is -2.42. The van der Waals surface area contributed by atoms with Crippen LogP contribution in [0.25, 0.3) is 0 Å². The molecule has 1 fully saturated rings. The predicted octanol–water partition coefficient (Wildman–Crippen LogP) is 2.28. The smallest absolute Gasteiger partial charge is 0.0581 e. The highest BCUT2D eigenvalue weighted by Crippen LogP contribution is 2.29. The van der Waals surface area contributed by atoms with Crippen molar-refractivity contribution in [3.8, 4) is 0 Å². The number of nitrogens with one attached hydrogen (secondary N) is 1. The van der Waals surface area contributed by atoms with Crippen LogP contribution in [0.5, 0.6) is 0 Å². The molecule has 0 bridgehead atoms. The van der Waals surface area contributed by atoms with Crippen molar-refractivity contribution in [2.45, 2.75) is 25.8 Å². The number of hydrogen-bond donors (Lipinski definition) is 2. The highest BCUT2D eigenvalue weighted by Gasteiger charge is 2.32. The van der Waals surface area contributed by atoms with Gasteiger partial charge in [0.15, 0.2) is 0 Å². The largest absolute Gasteiger partial charge is 0.396 e. The Kier molecular flexibility index (Phi) is 5.33. The van der Waals surface area contributed by atoms with Gasteiger partial charge in [0.1, 0.15) is 0 Å². The fourth-order valence-corrected chi connectivity index (χ4v) is 2.68. The van der Waals surface area contributed by atoms with E-state index in [1.165, 1.54) is 0 Å². The zero-order chi connectivity index (χ0) is 13.7. The normalized spacial score (nSPS) is 20.2. The maximum absolute atomic E-state index is 9.65. The molecule has 2 rings (SSSR count). The van der Waals surface area contributed by atoms with E-state index in [1.807, 2.05) is 12.1 Å². The van der Waals surface area contributed by atoms with Crippen molar-refractivity contribution >= 4 is 15.9 Å². The Hall–Kier alpha value is -0.490. The molecule has 5 heteroatoms. The van der Waals surface area contributed by atoms with Gasteiger partial charge in [-0.3, -0.25) is 4.98 Å². The summed E-state index contributed by atoms with van der Waals surface area (Å²) in [6.07, 6.45) is 3.62. The van der Waals surface area contributed by atoms with Crippen molar-refractivity contribution < 1.29 is 9.84 Å². The van der Waals surface area contributed by atoms with Crippen LogP contribution in [-0.2, 0) is 4.74 Å². The Morgan fingerprint density at radius 1 is 1.53 bits per heavy atom. The average Bonchev–Trinajstić information content (AvgIpc) is 2.46. The average molecular weight is 329 g/mol. The Morgan fingerprint density at radius 3 is 2.89 bits per heavy atom. The van der Waals surface area contributed by atoms with Crippen LogP contribution in [-0.4, -0.2) is 36.5 Å². The summed E-state index contributed by atoms with van der Waals surface area (Å²) < 4.78 is 6.41. The zero-order valence-corrected chi connectivity index (χ0v) is 12.8. The number of pyridine rings is 1. The van der Waals surface area contributed by atoms with Gasteiger partial charge in [0.05, 0.1) is 12.3 Å². The highest BCUT2D eigenvalue weighted by atomic mass is 79.9. The predicted molar refractivity (Wildman–Crippen MR) is 77.9 cm³/mol. The monoisotopic (exact) mass is 328 g/mol. The van der Waals surface area contributed by atoms with Gasteiger partial charge in [0.2, 0.25) is 0 Å². The molecular formula is C14H21BrN2O2. The zero-order valence-electron chi connectivity index (χ0n) is 11.2. The first-order valence-corrected chi connectivity index (χ1v) is 7.48. The molecule has 1 aliphatic heterocycles. The lowest BCUT2D eigenvalue weighted by molar-refractivity contribution is -0.0163. The second kappa shape index (κ2) is 6.79. The number of rotatable bonds is 5. The molecule has 0 aliphatic carbocycles. The Labute approximate surface area is 122 Å². The Balaban J connectivity index is 1.93. The summed E-state index contributed by atoms with van der Waals surface area (Å²) in [6.45, 7) is 4.58. The van der Waals surface area contributed by atoms with Crippen LogP contribution in [0, 0.1) is 5.41 Å². The maximum Gasteiger partial charge on any atom is 0.0581 e. The van der Waals surface area contributed by atoms with Crippen molar-refractivity contribution in [1.29, 1.82) is 0 Å². The molecule has 1 saturated heterocycles. The van der Waals surface area contributed by atoms with Gasteiger partial charge in [0.25, 0.3) is 0 Å². The van der Waals surface area contributed by atoms with Gasteiger partial charge in [-0.1, -0.05) is 15.9 Å². The van der Waals surface area contributed by atoms with E-state index in [0.29, 0.717) is 0 Å². The SMILES string of the molecule is CC(NCC1(CO)CCOCC1)c1cc(Br)ccn1. The number of aromatic nitrogens is 1. The first-order chi connectivity index (χ1) is 9.15. The van der Waals surface area contributed by atoms with E-state index >= 15 is 0 Å². The minimum absolute atomic E-state index is 0.0431. The van der Waals surface area contributed by atoms with Crippen LogP contribution in [0.15, 0.2) is 22.8 Å². The van der Waals surface area contributed by atoms with E-state index in [0.717, 1.165) is 42.8 Å². The number of aliphatic hydroxyl groups is 1. The molecule has 1 aliphatic rings. The molecular weight excluding hydrogens is 308 g/mol. The molecule has 19 heavy (non-hydrogen) atoms. The van der Waals surface area contributed by atoms with Crippen molar-refractivity contribution in [2.75, 3.05) is 26.4 Å². The lowest BCUT2D eigenvalue weighted by Gasteiger charge is -2.36. The standard InChI is InChI=1S/C14H21BrN2O2/c1-11(13-8-12(15)2-5-16-13)17-9-14(10-18)3-6-19-7-4-14/h2,5,8,11,17-18H,3-4,6-7,9-10H2,1H3. The van der Waals surface area contributed by atoms with Gasteiger partial charge in [-0.15, -0.1) is 0 Å². The van der Waals surface area contributed by atoms with E-state index in [9.17, 15) is 5.11 Å². The van der Waals surface area contributed by atoms with Crippen LogP contribution in [0.1, 0.15) is 31.5 Å². The molecule has 0 saturated carbocycles. The summed E-state index contributed by atoms with van der Waals surface area (Å²) in [7, 11) is 0. The quantitative estimate of drug-likeness (QED) is 0.870. The molecule has 1 unspecified atom stereocenters. The van der Waals surface area contributed by atoms with Crippen LogP contribution in [0.3, 0.4) is 0 Å². The molecule has 4 nitrogen and oxygen atoms in total. The summed E-state index contributed by atoms with van der Waals surface area (Å²) in [5.74, 6) is 0. The molecule has 0 aromatic carbocycles. The van der Waals surface area contributed by atoms with Crippen molar-refractivity contribution in [3.05, 3.63) is 28.5 Å². The van der Waals surface area contributed by atoms with E-state index in [4.69, 9.17) is 4.74 Å². The number of hydrogen-bond acceptors (Lipinski definition) is 4. The van der Waals surface area contributed by atoms with E-state index < -0.39 is 0 Å². The lowest BCUT2D eigenvalue weighted by atomic mass is 9.81. The van der Waals surface area contributed by atoms with Gasteiger partial charge in [-0.2, -0.15) is 0 Å². The van der Waals surface area contributed by atoms with Gasteiger partial charge in [-0.25, -0.2) is 0 Å². The minimum atomic E-state index is -0.0431. The first kappa shape index (κ1) is 14.9. The maximum atomic E-state index is 9.65. The Bertz CT molecular complexity index is 408. The van der Waals surface area contributed by atoms with Gasteiger partial charge >= 0.3 is 0 Å². The van der Waals surface area contributed by atoms with Crippen LogP contribution in [0.2, 0.25) is 0 Å². The third-order valence-electron chi connectivity index (χ3n) is 3.86. The highest BCUT2D eigenvalue weighted by molar-refractivity contribution is 9.10. The summed E-state index contributed by atoms with van der Waals surface area (Å²) in [4.78, 5) is 4.37. The molecule has 0 radical (unpaired) electrons. The van der Waals surface area contributed by atoms with E-state index in [-0.39, 0.29) is 18.1 Å². The molecule has 1 atom stereocenters. The van der Waals surface area contributed by atoms with Crippen molar-refractivity contribution in [1.82, 2.24) is 10.3 Å². The van der Waals surface area contributed by atoms with Crippen molar-refractivity contribution in [3.63, 3.8) is 0 Å². The number of nitrogens with zero attached hydrogens (tertiary/aromatic N) is 1. The summed E-state index contributed by atoms with van der Waals surface area (Å²) in [6, 6.07) is 4.11. The van der Waals surface area contributed by atoms with Gasteiger partial charge in [0, 0.05) is 41.9 Å². The molecule has 1 aromatic heterocycles. The van der Waals surface area contributed by atoms with Crippen molar-refractivity contribution in [2.24, 2.45) is 5.41 Å². The summed E-state index contributed by atoms with van der Waals surface area (Å²) in [5.41, 5.74) is 0.966. The fraction of sp³-hybridized carbons (Fsp3) is 0.643. The topological polar surface area (TPSA) is 54.4 Å². The van der Waals surface area contributed by atoms with E-state index in [2.05, 4.69) is 33.2 Å². The van der Waals surface area contributed by atoms with Crippen LogP contribution >= 0.6 is 15.9 Å². The molecule has 106 valence electrons. The second-order valence-corrected chi connectivity index (χ2v) is 6.19. The molecule has 2 heterocycles. The first-order valence-electron chi connectivity index (χ1n) is 6.69. The third-order valence-corrected chi connectivity index (χ3v) is 4.35. The van der Waals surface area contributed by atoms with Crippen LogP contribution < -0.4 is 5.32 Å². The van der Waals surface area contributed by atoms with Gasteiger partial charge < -0.3 is 15.2 Å². The molecule has 1 aromatic rings. The second-order valence-electron chi connectivity index (χ2n) is 5.27. The molecule has 0 amide bonds.